The van der Waals surface area contributed by atoms with Crippen molar-refractivity contribution in [2.24, 2.45) is 0 Å². The van der Waals surface area contributed by atoms with Gasteiger partial charge in [0.15, 0.2) is 0 Å². The number of halogens is 1. The predicted octanol–water partition coefficient (Wildman–Crippen LogP) is 3.91. The molecular weight excluding hydrogens is 290 g/mol. The number of benzene rings is 1. The highest BCUT2D eigenvalue weighted by Crippen LogP contribution is 2.26. The van der Waals surface area contributed by atoms with Gasteiger partial charge in [-0.2, -0.15) is 0 Å². The summed E-state index contributed by atoms with van der Waals surface area (Å²) in [5.41, 5.74) is 1.27. The molecule has 0 saturated heterocycles. The normalized spacial score (nSPS) is 12.9. The first-order valence-electron chi connectivity index (χ1n) is 6.19. The lowest BCUT2D eigenvalue weighted by atomic mass is 10.0. The van der Waals surface area contributed by atoms with Crippen molar-refractivity contribution in [3.63, 3.8) is 0 Å². The van der Waals surface area contributed by atoms with Gasteiger partial charge in [0.05, 0.1) is 5.33 Å². The molecule has 96 valence electrons. The Labute approximate surface area is 116 Å². The van der Waals surface area contributed by atoms with Crippen LogP contribution in [0.4, 0.5) is 0 Å². The minimum Gasteiger partial charge on any atom is -0.311 e. The molecule has 1 heterocycles. The molecule has 1 atom stereocenters. The molecule has 0 amide bonds. The minimum absolute atomic E-state index is 0.258. The van der Waals surface area contributed by atoms with Crippen molar-refractivity contribution in [3.8, 4) is 0 Å². The Bertz CT molecular complexity index is 505. The lowest BCUT2D eigenvalue weighted by Gasteiger charge is -2.17. The third-order valence-corrected chi connectivity index (χ3v) is 3.62. The first-order chi connectivity index (χ1) is 8.65. The average molecular weight is 308 g/mol. The molecule has 1 aromatic heterocycles. The molecule has 0 aliphatic carbocycles. The Kier molecular flexibility index (Phi) is 4.17. The summed E-state index contributed by atoms with van der Waals surface area (Å²) >= 11 is 3.47. The van der Waals surface area contributed by atoms with Gasteiger partial charge >= 0.3 is 0 Å². The Balaban J connectivity index is 2.42. The van der Waals surface area contributed by atoms with Crippen molar-refractivity contribution >= 4 is 15.9 Å². The second-order valence-electron chi connectivity index (χ2n) is 4.70. The third-order valence-electron chi connectivity index (χ3n) is 3.12. The Hall–Kier alpha value is -1.16. The molecule has 2 rings (SSSR count). The molecule has 2 aromatic rings. The number of aromatic nitrogens is 3. The molecule has 0 saturated carbocycles. The number of hydrogen-bond donors (Lipinski definition) is 0. The molecule has 4 heteroatoms. The Morgan fingerprint density at radius 2 is 1.78 bits per heavy atom. The molecule has 18 heavy (non-hydrogen) atoms. The monoisotopic (exact) mass is 307 g/mol. The van der Waals surface area contributed by atoms with Crippen LogP contribution in [0.25, 0.3) is 0 Å². The number of hydrogen-bond acceptors (Lipinski definition) is 2. The van der Waals surface area contributed by atoms with Crippen LogP contribution < -0.4 is 0 Å². The summed E-state index contributed by atoms with van der Waals surface area (Å²) in [6, 6.07) is 10.8. The summed E-state index contributed by atoms with van der Waals surface area (Å²) in [5.74, 6) is 2.28. The Morgan fingerprint density at radius 3 is 2.33 bits per heavy atom. The number of nitrogens with zero attached hydrogens (tertiary/aromatic N) is 3. The van der Waals surface area contributed by atoms with Crippen molar-refractivity contribution in [1.29, 1.82) is 0 Å². The highest BCUT2D eigenvalue weighted by atomic mass is 79.9. The molecule has 1 unspecified atom stereocenters. The zero-order chi connectivity index (χ0) is 13.1. The maximum Gasteiger partial charge on any atom is 0.143 e. The van der Waals surface area contributed by atoms with Crippen LogP contribution in [-0.4, -0.2) is 14.8 Å². The molecule has 0 bridgehead atoms. The van der Waals surface area contributed by atoms with E-state index in [9.17, 15) is 0 Å². The lowest BCUT2D eigenvalue weighted by molar-refractivity contribution is 0.543. The van der Waals surface area contributed by atoms with Gasteiger partial charge in [-0.25, -0.2) is 0 Å². The molecule has 0 fully saturated rings. The summed E-state index contributed by atoms with van der Waals surface area (Å²) < 4.78 is 2.21. The molecular formula is C14H18BrN3. The number of rotatable bonds is 4. The van der Waals surface area contributed by atoms with E-state index in [4.69, 9.17) is 0 Å². The molecule has 0 aliphatic rings. The molecule has 1 aromatic carbocycles. The van der Waals surface area contributed by atoms with E-state index >= 15 is 0 Å². The van der Waals surface area contributed by atoms with Crippen LogP contribution >= 0.6 is 15.9 Å². The average Bonchev–Trinajstić information content (AvgIpc) is 2.82. The van der Waals surface area contributed by atoms with Crippen molar-refractivity contribution < 1.29 is 0 Å². The maximum atomic E-state index is 4.37. The van der Waals surface area contributed by atoms with Crippen LogP contribution in [0, 0.1) is 0 Å². The van der Waals surface area contributed by atoms with E-state index in [2.05, 4.69) is 75.7 Å². The lowest BCUT2D eigenvalue weighted by Crippen LogP contribution is -2.12. The van der Waals surface area contributed by atoms with Crippen LogP contribution in [0.15, 0.2) is 30.3 Å². The summed E-state index contributed by atoms with van der Waals surface area (Å²) in [6.07, 6.45) is 0. The van der Waals surface area contributed by atoms with E-state index in [0.29, 0.717) is 6.04 Å². The molecule has 3 nitrogen and oxygen atoms in total. The minimum atomic E-state index is 0.258. The van der Waals surface area contributed by atoms with E-state index < -0.39 is 0 Å². The smallest absolute Gasteiger partial charge is 0.143 e. The second kappa shape index (κ2) is 5.65. The van der Waals surface area contributed by atoms with Gasteiger partial charge in [0.2, 0.25) is 0 Å². The van der Waals surface area contributed by atoms with Gasteiger partial charge in [0, 0.05) is 12.0 Å². The van der Waals surface area contributed by atoms with Gasteiger partial charge in [-0.05, 0) is 19.4 Å². The van der Waals surface area contributed by atoms with Crippen LogP contribution in [0.3, 0.4) is 0 Å². The van der Waals surface area contributed by atoms with Gasteiger partial charge in [-0.1, -0.05) is 53.2 Å². The quantitative estimate of drug-likeness (QED) is 0.802. The number of alkyl halides is 1. The van der Waals surface area contributed by atoms with Crippen molar-refractivity contribution in [3.05, 3.63) is 47.5 Å². The third kappa shape index (κ3) is 2.48. The van der Waals surface area contributed by atoms with E-state index in [1.54, 1.807) is 0 Å². The van der Waals surface area contributed by atoms with Gasteiger partial charge in [0.25, 0.3) is 0 Å². The fraction of sp³-hybridized carbons (Fsp3) is 0.429. The molecule has 0 radical (unpaired) electrons. The molecule has 0 spiro atoms. The zero-order valence-corrected chi connectivity index (χ0v) is 12.6. The van der Waals surface area contributed by atoms with Gasteiger partial charge in [-0.15, -0.1) is 10.2 Å². The standard InChI is InChI=1S/C14H18BrN3/c1-10(2)18-13(9-15)16-17-14(18)11(3)12-7-5-4-6-8-12/h4-8,10-11H,9H2,1-3H3. The SMILES string of the molecule is CC(c1ccccc1)c1nnc(CBr)n1C(C)C. The van der Waals surface area contributed by atoms with Crippen molar-refractivity contribution in [2.45, 2.75) is 38.1 Å². The van der Waals surface area contributed by atoms with E-state index in [1.165, 1.54) is 5.56 Å². The summed E-state index contributed by atoms with van der Waals surface area (Å²) in [4.78, 5) is 0. The first kappa shape index (κ1) is 13.3. The highest BCUT2D eigenvalue weighted by molar-refractivity contribution is 9.08. The molecule has 0 aliphatic heterocycles. The Morgan fingerprint density at radius 1 is 1.11 bits per heavy atom. The molecule has 0 N–H and O–H groups in total. The van der Waals surface area contributed by atoms with Gasteiger partial charge in [0.1, 0.15) is 11.6 Å². The maximum absolute atomic E-state index is 4.37. The van der Waals surface area contributed by atoms with Crippen LogP contribution in [0.2, 0.25) is 0 Å². The van der Waals surface area contributed by atoms with E-state index in [-0.39, 0.29) is 5.92 Å². The van der Waals surface area contributed by atoms with Gasteiger partial charge < -0.3 is 4.57 Å². The summed E-state index contributed by atoms with van der Waals surface area (Å²) in [6.45, 7) is 6.50. The largest absolute Gasteiger partial charge is 0.311 e. The van der Waals surface area contributed by atoms with E-state index in [0.717, 1.165) is 17.0 Å². The van der Waals surface area contributed by atoms with Gasteiger partial charge in [-0.3, -0.25) is 0 Å². The first-order valence-corrected chi connectivity index (χ1v) is 7.31. The summed E-state index contributed by atoms with van der Waals surface area (Å²) in [5, 5.41) is 9.37. The summed E-state index contributed by atoms with van der Waals surface area (Å²) in [7, 11) is 0. The van der Waals surface area contributed by atoms with Crippen LogP contribution in [-0.2, 0) is 5.33 Å². The predicted molar refractivity (Wildman–Crippen MR) is 77.0 cm³/mol. The van der Waals surface area contributed by atoms with E-state index in [1.807, 2.05) is 6.07 Å². The van der Waals surface area contributed by atoms with Crippen molar-refractivity contribution in [2.75, 3.05) is 0 Å². The van der Waals surface area contributed by atoms with Crippen LogP contribution in [0.1, 0.15) is 49.9 Å². The second-order valence-corrected chi connectivity index (χ2v) is 5.26. The van der Waals surface area contributed by atoms with Crippen LogP contribution in [0.5, 0.6) is 0 Å². The topological polar surface area (TPSA) is 30.7 Å². The van der Waals surface area contributed by atoms with Crippen molar-refractivity contribution in [1.82, 2.24) is 14.8 Å². The zero-order valence-electron chi connectivity index (χ0n) is 11.0. The highest BCUT2D eigenvalue weighted by Gasteiger charge is 2.20. The fourth-order valence-corrected chi connectivity index (χ4v) is 2.56. The fourth-order valence-electron chi connectivity index (χ4n) is 2.18.